The maximum absolute atomic E-state index is 12.2. The summed E-state index contributed by atoms with van der Waals surface area (Å²) in [7, 11) is -3.10. The van der Waals surface area contributed by atoms with E-state index in [1.54, 1.807) is 0 Å². The number of rotatable bonds is 8. The number of aliphatic hydroxyl groups is 6. The Hall–Kier alpha value is -0.410. The number of hydrogen-bond acceptors (Lipinski definition) is 10. The predicted molar refractivity (Wildman–Crippen MR) is 140 cm³/mol. The lowest BCUT2D eigenvalue weighted by molar-refractivity contribution is -0.191. The van der Waals surface area contributed by atoms with Crippen molar-refractivity contribution in [1.82, 2.24) is 0 Å². The highest BCUT2D eigenvalue weighted by atomic mass is 32.2. The van der Waals surface area contributed by atoms with Crippen LogP contribution in [0.15, 0.2) is 0 Å². The topological polar surface area (TPSA) is 194 Å². The Bertz CT molecular complexity index is 881. The van der Waals surface area contributed by atoms with Crippen LogP contribution >= 0.6 is 0 Å². The molecule has 11 nitrogen and oxygen atoms in total. The Morgan fingerprint density at radius 3 is 1.95 bits per heavy atom. The van der Waals surface area contributed by atoms with E-state index < -0.39 is 88.1 Å². The summed E-state index contributed by atoms with van der Waals surface area (Å²) in [4.78, 5) is 0. The Balaban J connectivity index is 1.55. The lowest BCUT2D eigenvalue weighted by Crippen LogP contribution is -2.55. The van der Waals surface area contributed by atoms with E-state index in [1.165, 1.54) is 7.11 Å². The van der Waals surface area contributed by atoms with Gasteiger partial charge in [-0.25, -0.2) is 0 Å². The minimum atomic E-state index is -4.45. The molecule has 4 saturated carbocycles. The molecular formula is C27H48O11S. The predicted octanol–water partition coefficient (Wildman–Crippen LogP) is 0.377. The normalized spacial score (nSPS) is 44.6. The van der Waals surface area contributed by atoms with Crippen LogP contribution in [0.4, 0.5) is 0 Å². The average molecular weight is 581 g/mol. The molecule has 0 bridgehead atoms. The van der Waals surface area contributed by atoms with Gasteiger partial charge in [0.2, 0.25) is 0 Å². The number of methoxy groups -OCH3 is 1. The molecular weight excluding hydrogens is 532 g/mol. The van der Waals surface area contributed by atoms with Gasteiger partial charge in [0.15, 0.2) is 0 Å². The van der Waals surface area contributed by atoms with Crippen LogP contribution in [0.25, 0.3) is 0 Å². The smallest absolute Gasteiger partial charge is 0.270 e. The molecule has 0 aromatic carbocycles. The summed E-state index contributed by atoms with van der Waals surface area (Å²) in [5.74, 6) is -1.78. The van der Waals surface area contributed by atoms with Gasteiger partial charge in [0.1, 0.15) is 5.25 Å². The highest BCUT2D eigenvalue weighted by Gasteiger charge is 2.50. The Morgan fingerprint density at radius 2 is 1.33 bits per heavy atom. The van der Waals surface area contributed by atoms with Gasteiger partial charge in [0, 0.05) is 37.7 Å². The molecule has 12 heteroatoms. The summed E-state index contributed by atoms with van der Waals surface area (Å²) in [6, 6.07) is 0. The molecule has 0 spiro atoms. The molecule has 0 amide bonds. The molecule has 0 aromatic heterocycles. The number of ether oxygens (including phenoxy) is 2. The average Bonchev–Trinajstić information content (AvgIpc) is 2.88. The highest BCUT2D eigenvalue weighted by Crippen LogP contribution is 2.43. The first kappa shape index (κ1) is 31.5. The summed E-state index contributed by atoms with van der Waals surface area (Å²) in [5.41, 5.74) is 0. The Morgan fingerprint density at radius 1 is 0.692 bits per heavy atom. The van der Waals surface area contributed by atoms with Crippen molar-refractivity contribution in [2.75, 3.05) is 7.11 Å². The second-order valence-electron chi connectivity index (χ2n) is 12.5. The zero-order valence-electron chi connectivity index (χ0n) is 22.7. The fourth-order valence-electron chi connectivity index (χ4n) is 7.82. The van der Waals surface area contributed by atoms with Gasteiger partial charge in [-0.05, 0) is 50.9 Å². The fraction of sp³-hybridized carbons (Fsp3) is 1.00. The van der Waals surface area contributed by atoms with Gasteiger partial charge in [-0.2, -0.15) is 8.42 Å². The molecule has 13 atom stereocenters. The van der Waals surface area contributed by atoms with Crippen LogP contribution in [0.3, 0.4) is 0 Å². The fourth-order valence-corrected chi connectivity index (χ4v) is 8.89. The first-order valence-electron chi connectivity index (χ1n) is 14.6. The molecule has 0 saturated heterocycles. The highest BCUT2D eigenvalue weighted by molar-refractivity contribution is 7.86. The standard InChI is InChI=1S/C27H48O11S/c1-37-24-13-21(31)18(11-25(24)39(34,35)36)27(14-5-3-2-4-6-14)38-23-10-17(20(30)12-22(23)32)26(33)16-8-7-15(28)9-19(16)29/h14-33H,2-13H2,1H3,(H,34,35,36). The van der Waals surface area contributed by atoms with Crippen LogP contribution in [0.2, 0.25) is 0 Å². The van der Waals surface area contributed by atoms with E-state index in [0.29, 0.717) is 12.8 Å². The number of hydrogen-bond donors (Lipinski definition) is 7. The van der Waals surface area contributed by atoms with Gasteiger partial charge in [0.05, 0.1) is 54.9 Å². The van der Waals surface area contributed by atoms with E-state index >= 15 is 0 Å². The van der Waals surface area contributed by atoms with Crippen molar-refractivity contribution in [3.63, 3.8) is 0 Å². The third-order valence-corrected chi connectivity index (χ3v) is 11.3. The summed E-state index contributed by atoms with van der Waals surface area (Å²) in [6.07, 6.45) is -2.01. The van der Waals surface area contributed by atoms with Crippen molar-refractivity contribution in [2.45, 2.75) is 137 Å². The molecule has 0 heterocycles. The second-order valence-corrected chi connectivity index (χ2v) is 14.2. The van der Waals surface area contributed by atoms with E-state index in [4.69, 9.17) is 9.47 Å². The third kappa shape index (κ3) is 7.33. The molecule has 13 unspecified atom stereocenters. The van der Waals surface area contributed by atoms with Crippen LogP contribution in [-0.2, 0) is 19.6 Å². The van der Waals surface area contributed by atoms with Crippen LogP contribution in [0.5, 0.6) is 0 Å². The summed E-state index contributed by atoms with van der Waals surface area (Å²) >= 11 is 0. The molecule has 39 heavy (non-hydrogen) atoms. The van der Waals surface area contributed by atoms with Crippen LogP contribution in [0.1, 0.15) is 77.0 Å². The molecule has 4 fully saturated rings. The van der Waals surface area contributed by atoms with Crippen LogP contribution < -0.4 is 0 Å². The van der Waals surface area contributed by atoms with E-state index in [1.807, 2.05) is 0 Å². The monoisotopic (exact) mass is 580 g/mol. The maximum atomic E-state index is 12.2. The summed E-state index contributed by atoms with van der Waals surface area (Å²) in [6.45, 7) is 0. The lowest BCUT2D eigenvalue weighted by atomic mass is 9.70. The summed E-state index contributed by atoms with van der Waals surface area (Å²) in [5, 5.41) is 63.2. The molecule has 4 rings (SSSR count). The van der Waals surface area contributed by atoms with Crippen molar-refractivity contribution >= 4 is 10.1 Å². The molecule has 7 N–H and O–H groups in total. The minimum Gasteiger partial charge on any atom is -0.393 e. The zero-order chi connectivity index (χ0) is 28.5. The molecule has 228 valence electrons. The van der Waals surface area contributed by atoms with Gasteiger partial charge in [-0.1, -0.05) is 19.3 Å². The van der Waals surface area contributed by atoms with Crippen molar-refractivity contribution in [1.29, 1.82) is 0 Å². The zero-order valence-corrected chi connectivity index (χ0v) is 23.6. The van der Waals surface area contributed by atoms with E-state index in [0.717, 1.165) is 32.1 Å². The molecule has 4 aliphatic rings. The van der Waals surface area contributed by atoms with Crippen molar-refractivity contribution in [2.24, 2.45) is 23.7 Å². The van der Waals surface area contributed by atoms with Gasteiger partial charge in [0.25, 0.3) is 10.1 Å². The second kappa shape index (κ2) is 13.3. The van der Waals surface area contributed by atoms with Crippen LogP contribution in [-0.4, -0.2) is 111 Å². The summed E-state index contributed by atoms with van der Waals surface area (Å²) < 4.78 is 46.3. The van der Waals surface area contributed by atoms with Gasteiger partial charge in [-0.3, -0.25) is 4.55 Å². The van der Waals surface area contributed by atoms with E-state index in [2.05, 4.69) is 0 Å². The first-order valence-corrected chi connectivity index (χ1v) is 16.1. The van der Waals surface area contributed by atoms with Crippen molar-refractivity contribution in [3.05, 3.63) is 0 Å². The Kier molecular flexibility index (Phi) is 10.7. The van der Waals surface area contributed by atoms with Crippen molar-refractivity contribution < 1.29 is 53.1 Å². The van der Waals surface area contributed by atoms with Gasteiger partial charge in [-0.15, -0.1) is 0 Å². The van der Waals surface area contributed by atoms with Crippen molar-refractivity contribution in [3.8, 4) is 0 Å². The molecule has 4 aliphatic carbocycles. The quantitative estimate of drug-likeness (QED) is 0.196. The SMILES string of the molecule is COC1CC(O)C(C(OC2CC(C(O)C3CCC(O)CC3O)C(O)CC2O)C2CCCCC2)CC1S(=O)(=O)O. The minimum absolute atomic E-state index is 0.0172. The van der Waals surface area contributed by atoms with Crippen LogP contribution in [0, 0.1) is 23.7 Å². The largest absolute Gasteiger partial charge is 0.393 e. The van der Waals surface area contributed by atoms with E-state index in [-0.39, 0.29) is 38.0 Å². The van der Waals surface area contributed by atoms with E-state index in [9.17, 15) is 43.6 Å². The maximum Gasteiger partial charge on any atom is 0.270 e. The third-order valence-electron chi connectivity index (χ3n) is 10.1. The first-order chi connectivity index (χ1) is 18.4. The Labute approximate surface area is 231 Å². The molecule has 0 aliphatic heterocycles. The molecule has 0 radical (unpaired) electrons. The van der Waals surface area contributed by atoms with Gasteiger partial charge < -0.3 is 40.1 Å². The number of aliphatic hydroxyl groups excluding tert-OH is 6. The lowest BCUT2D eigenvalue weighted by Gasteiger charge is -2.48. The van der Waals surface area contributed by atoms with Gasteiger partial charge >= 0.3 is 0 Å². The molecule has 0 aromatic rings.